The number of benzene rings is 1. The van der Waals surface area contributed by atoms with Crippen LogP contribution in [0, 0.1) is 0 Å². The average molecular weight is 404 g/mol. The molecule has 4 rings (SSSR count). The van der Waals surface area contributed by atoms with E-state index in [-0.39, 0.29) is 5.91 Å². The van der Waals surface area contributed by atoms with Crippen molar-refractivity contribution >= 4 is 55.8 Å². The maximum absolute atomic E-state index is 12.6. The lowest BCUT2D eigenvalue weighted by Gasteiger charge is -2.34. The van der Waals surface area contributed by atoms with Crippen LogP contribution in [0.3, 0.4) is 0 Å². The second kappa shape index (κ2) is 7.30. The number of carbonyl (C=O) groups excluding carboxylic acids is 2. The average Bonchev–Trinajstić information content (AvgIpc) is 3.25. The molecule has 3 heterocycles. The Bertz CT molecular complexity index is 989. The van der Waals surface area contributed by atoms with Crippen molar-refractivity contribution in [1.29, 1.82) is 0 Å². The van der Waals surface area contributed by atoms with Gasteiger partial charge in [-0.15, -0.1) is 11.3 Å². The Balaban J connectivity index is 1.47. The van der Waals surface area contributed by atoms with Gasteiger partial charge in [0.2, 0.25) is 0 Å². The molecule has 0 spiro atoms. The number of nitrogens with one attached hydrogen (secondary N) is 2. The second-order valence-electron chi connectivity index (χ2n) is 6.49. The van der Waals surface area contributed by atoms with Crippen LogP contribution >= 0.6 is 22.9 Å². The molecular formula is C18H18ClN5O2S. The standard InChI is InChI=1S/C18H18ClN5O2S/c1-23-6-8-24(9-7-23)12-4-2-11(3-5-12)17(26)20-16-13-10-14(15(19)25)27-18(13)22-21-16/h2-5,10H,6-9H2,1H3,(H2,20,21,22,26). The van der Waals surface area contributed by atoms with Crippen LogP contribution in [0.15, 0.2) is 30.3 Å². The first kappa shape index (κ1) is 18.0. The molecule has 0 atom stereocenters. The van der Waals surface area contributed by atoms with Crippen LogP contribution in [0.2, 0.25) is 0 Å². The van der Waals surface area contributed by atoms with Crippen molar-refractivity contribution in [2.24, 2.45) is 0 Å². The zero-order valence-corrected chi connectivity index (χ0v) is 16.2. The number of halogens is 1. The molecule has 1 aliphatic rings. The van der Waals surface area contributed by atoms with Crippen LogP contribution in [-0.4, -0.2) is 59.5 Å². The molecule has 1 amide bonds. The lowest BCUT2D eigenvalue weighted by molar-refractivity contribution is 0.102. The molecule has 1 fully saturated rings. The Kier molecular flexibility index (Phi) is 4.86. The Morgan fingerprint density at radius 2 is 1.89 bits per heavy atom. The molecule has 9 heteroatoms. The molecule has 140 valence electrons. The summed E-state index contributed by atoms with van der Waals surface area (Å²) in [6, 6.07) is 9.20. The largest absolute Gasteiger partial charge is 0.369 e. The molecule has 0 radical (unpaired) electrons. The minimum Gasteiger partial charge on any atom is -0.369 e. The first-order valence-corrected chi connectivity index (χ1v) is 9.73. The van der Waals surface area contributed by atoms with Crippen molar-refractivity contribution in [2.45, 2.75) is 0 Å². The number of fused-ring (bicyclic) bond motifs is 1. The van der Waals surface area contributed by atoms with Crippen molar-refractivity contribution in [2.75, 3.05) is 43.4 Å². The summed E-state index contributed by atoms with van der Waals surface area (Å²) >= 11 is 6.69. The molecule has 1 aliphatic heterocycles. The van der Waals surface area contributed by atoms with E-state index in [1.165, 1.54) is 11.3 Å². The van der Waals surface area contributed by atoms with E-state index in [0.717, 1.165) is 31.9 Å². The summed E-state index contributed by atoms with van der Waals surface area (Å²) in [5.74, 6) is 0.217. The van der Waals surface area contributed by atoms with Crippen molar-refractivity contribution in [1.82, 2.24) is 15.1 Å². The van der Waals surface area contributed by atoms with E-state index >= 15 is 0 Å². The number of thiophene rings is 1. The van der Waals surface area contributed by atoms with Gasteiger partial charge in [-0.25, -0.2) is 0 Å². The van der Waals surface area contributed by atoms with Gasteiger partial charge >= 0.3 is 0 Å². The van der Waals surface area contributed by atoms with E-state index in [1.54, 1.807) is 6.07 Å². The lowest BCUT2D eigenvalue weighted by Crippen LogP contribution is -2.44. The number of piperazine rings is 1. The zero-order valence-electron chi connectivity index (χ0n) is 14.7. The second-order valence-corrected chi connectivity index (χ2v) is 7.87. The lowest BCUT2D eigenvalue weighted by atomic mass is 10.1. The monoisotopic (exact) mass is 403 g/mol. The molecular weight excluding hydrogens is 386 g/mol. The number of nitrogens with zero attached hydrogens (tertiary/aromatic N) is 3. The molecule has 0 aliphatic carbocycles. The quantitative estimate of drug-likeness (QED) is 0.654. The summed E-state index contributed by atoms with van der Waals surface area (Å²) in [5, 5.41) is 9.85. The topological polar surface area (TPSA) is 81.3 Å². The number of amides is 1. The Morgan fingerprint density at radius 3 is 2.56 bits per heavy atom. The first-order chi connectivity index (χ1) is 13.0. The van der Waals surface area contributed by atoms with Gasteiger partial charge in [-0.1, -0.05) is 0 Å². The minimum atomic E-state index is -0.533. The van der Waals surface area contributed by atoms with Gasteiger partial charge in [-0.2, -0.15) is 5.10 Å². The van der Waals surface area contributed by atoms with Gasteiger partial charge in [-0.3, -0.25) is 14.7 Å². The van der Waals surface area contributed by atoms with Crippen molar-refractivity contribution in [3.05, 3.63) is 40.8 Å². The molecule has 0 bridgehead atoms. The number of likely N-dealkylation sites (N-methyl/N-ethyl adjacent to an activating group) is 1. The third-order valence-corrected chi connectivity index (χ3v) is 6.02. The molecule has 0 unspecified atom stereocenters. The van der Waals surface area contributed by atoms with Crippen LogP contribution in [0.1, 0.15) is 20.0 Å². The summed E-state index contributed by atoms with van der Waals surface area (Å²) in [6.07, 6.45) is 0. The SMILES string of the molecule is CN1CCN(c2ccc(C(=O)Nc3[nH]nc4sc(C(=O)Cl)cc34)cc2)CC1. The van der Waals surface area contributed by atoms with Gasteiger partial charge in [0, 0.05) is 37.4 Å². The maximum Gasteiger partial charge on any atom is 0.262 e. The number of anilines is 2. The van der Waals surface area contributed by atoms with Crippen molar-refractivity contribution < 1.29 is 9.59 Å². The number of carbonyl (C=O) groups is 2. The normalized spacial score (nSPS) is 15.3. The number of rotatable bonds is 4. The smallest absolute Gasteiger partial charge is 0.262 e. The fraction of sp³-hybridized carbons (Fsp3) is 0.278. The van der Waals surface area contributed by atoms with E-state index in [1.807, 2.05) is 24.3 Å². The van der Waals surface area contributed by atoms with Crippen LogP contribution in [0.5, 0.6) is 0 Å². The zero-order chi connectivity index (χ0) is 19.0. The molecule has 0 saturated carbocycles. The summed E-state index contributed by atoms with van der Waals surface area (Å²) in [7, 11) is 2.12. The fourth-order valence-corrected chi connectivity index (χ4v) is 4.07. The maximum atomic E-state index is 12.6. The van der Waals surface area contributed by atoms with Gasteiger partial charge in [0.15, 0.2) is 0 Å². The number of aromatic nitrogens is 2. The molecule has 2 aromatic heterocycles. The van der Waals surface area contributed by atoms with Gasteiger partial charge in [0.05, 0.1) is 10.3 Å². The molecule has 7 nitrogen and oxygen atoms in total. The van der Waals surface area contributed by atoms with E-state index in [4.69, 9.17) is 11.6 Å². The highest BCUT2D eigenvalue weighted by molar-refractivity contribution is 7.21. The summed E-state index contributed by atoms with van der Waals surface area (Å²) in [6.45, 7) is 4.03. The van der Waals surface area contributed by atoms with Gasteiger partial charge in [-0.05, 0) is 49.0 Å². The first-order valence-electron chi connectivity index (χ1n) is 8.54. The third kappa shape index (κ3) is 3.69. The minimum absolute atomic E-state index is 0.240. The van der Waals surface area contributed by atoms with Crippen molar-refractivity contribution in [3.8, 4) is 0 Å². The van der Waals surface area contributed by atoms with Gasteiger partial charge in [0.1, 0.15) is 10.6 Å². The molecule has 2 N–H and O–H groups in total. The van der Waals surface area contributed by atoms with Crippen LogP contribution in [0.4, 0.5) is 11.5 Å². The summed E-state index contributed by atoms with van der Waals surface area (Å²) in [5.41, 5.74) is 1.67. The highest BCUT2D eigenvalue weighted by Crippen LogP contribution is 2.30. The van der Waals surface area contributed by atoms with Crippen LogP contribution < -0.4 is 10.2 Å². The Hall–Kier alpha value is -2.42. The van der Waals surface area contributed by atoms with Crippen LogP contribution in [-0.2, 0) is 0 Å². The Labute approximate surface area is 164 Å². The van der Waals surface area contributed by atoms with Gasteiger partial charge in [0.25, 0.3) is 11.1 Å². The van der Waals surface area contributed by atoms with E-state index in [0.29, 0.717) is 26.5 Å². The van der Waals surface area contributed by atoms with E-state index < -0.39 is 5.24 Å². The summed E-state index contributed by atoms with van der Waals surface area (Å²) < 4.78 is 0. The number of hydrogen-bond acceptors (Lipinski definition) is 6. The summed E-state index contributed by atoms with van der Waals surface area (Å²) in [4.78, 5) is 29.5. The molecule has 1 aromatic carbocycles. The van der Waals surface area contributed by atoms with Crippen LogP contribution in [0.25, 0.3) is 10.2 Å². The third-order valence-electron chi connectivity index (χ3n) is 4.68. The van der Waals surface area contributed by atoms with E-state index in [2.05, 4.69) is 32.4 Å². The molecule has 3 aromatic rings. The number of H-pyrrole nitrogens is 1. The van der Waals surface area contributed by atoms with Crippen molar-refractivity contribution in [3.63, 3.8) is 0 Å². The Morgan fingerprint density at radius 1 is 1.19 bits per heavy atom. The molecule has 27 heavy (non-hydrogen) atoms. The number of aromatic amines is 1. The van der Waals surface area contributed by atoms with Gasteiger partial charge < -0.3 is 15.1 Å². The highest BCUT2D eigenvalue weighted by atomic mass is 35.5. The highest BCUT2D eigenvalue weighted by Gasteiger charge is 2.17. The fourth-order valence-electron chi connectivity index (χ4n) is 3.08. The predicted molar refractivity (Wildman–Crippen MR) is 108 cm³/mol. The molecule has 1 saturated heterocycles. The number of hydrogen-bond donors (Lipinski definition) is 2. The predicted octanol–water partition coefficient (Wildman–Crippen LogP) is 3.01. The van der Waals surface area contributed by atoms with E-state index in [9.17, 15) is 9.59 Å².